The van der Waals surface area contributed by atoms with Gasteiger partial charge in [0.05, 0.1) is 5.56 Å². The van der Waals surface area contributed by atoms with Gasteiger partial charge in [-0.25, -0.2) is 8.78 Å². The first kappa shape index (κ1) is 19.8. The summed E-state index contributed by atoms with van der Waals surface area (Å²) in [6, 6.07) is 13.2. The summed E-state index contributed by atoms with van der Waals surface area (Å²) in [4.78, 5) is 2.39. The molecule has 4 atom stereocenters. The van der Waals surface area contributed by atoms with E-state index in [4.69, 9.17) is 15.7 Å². The molecule has 1 aliphatic carbocycles. The molecule has 0 spiro atoms. The van der Waals surface area contributed by atoms with Crippen LogP contribution in [-0.4, -0.2) is 36.2 Å². The Balaban J connectivity index is 1.56. The van der Waals surface area contributed by atoms with Crippen LogP contribution in [0.4, 0.5) is 8.78 Å². The van der Waals surface area contributed by atoms with Crippen LogP contribution in [0.5, 0.6) is 5.75 Å². The summed E-state index contributed by atoms with van der Waals surface area (Å²) in [6.45, 7) is 1.79. The van der Waals surface area contributed by atoms with Crippen molar-refractivity contribution in [3.05, 3.63) is 65.2 Å². The van der Waals surface area contributed by atoms with Gasteiger partial charge in [0, 0.05) is 24.7 Å². The Morgan fingerprint density at radius 1 is 1.10 bits per heavy atom. The van der Waals surface area contributed by atoms with Gasteiger partial charge in [-0.3, -0.25) is 4.90 Å². The minimum absolute atomic E-state index is 0.00603. The first-order valence-corrected chi connectivity index (χ1v) is 10.1. The van der Waals surface area contributed by atoms with Gasteiger partial charge in [-0.15, -0.1) is 0 Å². The van der Waals surface area contributed by atoms with Crippen molar-refractivity contribution in [1.82, 2.24) is 4.90 Å². The van der Waals surface area contributed by atoms with Crippen molar-refractivity contribution in [2.75, 3.05) is 13.1 Å². The Hall–Kier alpha value is -2.49. The van der Waals surface area contributed by atoms with Gasteiger partial charge in [0.2, 0.25) is 0 Å². The lowest BCUT2D eigenvalue weighted by Gasteiger charge is -2.38. The fraction of sp³-hybridized carbons (Fsp3) is 0.435. The van der Waals surface area contributed by atoms with Gasteiger partial charge in [0.1, 0.15) is 29.6 Å². The molecule has 1 aliphatic heterocycles. The molecule has 2 fully saturated rings. The summed E-state index contributed by atoms with van der Waals surface area (Å²) in [5, 5.41) is 8.93. The smallest absolute Gasteiger partial charge is 0.144 e. The van der Waals surface area contributed by atoms with Crippen LogP contribution in [0.1, 0.15) is 42.7 Å². The highest BCUT2D eigenvalue weighted by molar-refractivity contribution is 5.36. The number of nitriles is 1. The van der Waals surface area contributed by atoms with Crippen LogP contribution in [0.25, 0.3) is 0 Å². The molecule has 29 heavy (non-hydrogen) atoms. The summed E-state index contributed by atoms with van der Waals surface area (Å²) < 4.78 is 33.6. The fourth-order valence-corrected chi connectivity index (χ4v) is 4.67. The van der Waals surface area contributed by atoms with E-state index in [1.165, 1.54) is 24.3 Å². The molecule has 2 N–H and O–H groups in total. The van der Waals surface area contributed by atoms with Gasteiger partial charge in [-0.1, -0.05) is 12.1 Å². The molecule has 4 nitrogen and oxygen atoms in total. The molecule has 1 saturated heterocycles. The van der Waals surface area contributed by atoms with Crippen molar-refractivity contribution in [1.29, 1.82) is 5.26 Å². The van der Waals surface area contributed by atoms with Crippen molar-refractivity contribution in [2.45, 2.75) is 49.8 Å². The van der Waals surface area contributed by atoms with E-state index < -0.39 is 5.82 Å². The van der Waals surface area contributed by atoms with E-state index in [0.717, 1.165) is 44.3 Å². The van der Waals surface area contributed by atoms with Crippen molar-refractivity contribution in [3.8, 4) is 11.8 Å². The third kappa shape index (κ3) is 4.42. The lowest BCUT2D eigenvalue weighted by Crippen LogP contribution is -2.51. The average molecular weight is 397 g/mol. The Morgan fingerprint density at radius 3 is 2.59 bits per heavy atom. The highest BCUT2D eigenvalue weighted by atomic mass is 19.1. The molecular formula is C23H25F2N3O. The zero-order valence-electron chi connectivity index (χ0n) is 16.2. The van der Waals surface area contributed by atoms with E-state index in [0.29, 0.717) is 5.75 Å². The quantitative estimate of drug-likeness (QED) is 0.849. The number of rotatable bonds is 4. The molecule has 2 aromatic carbocycles. The maximum absolute atomic E-state index is 14.0. The topological polar surface area (TPSA) is 62.3 Å². The van der Waals surface area contributed by atoms with Crippen LogP contribution >= 0.6 is 0 Å². The molecule has 0 bridgehead atoms. The molecule has 4 rings (SSSR count). The summed E-state index contributed by atoms with van der Waals surface area (Å²) in [5.41, 5.74) is 7.30. The SMILES string of the molecule is N#Cc1ccc(OC2CC(c3ccc(F)cc3)CC2N2CCC[C@H](N)C2)cc1F. The van der Waals surface area contributed by atoms with Crippen molar-refractivity contribution < 1.29 is 13.5 Å². The number of hydrogen-bond acceptors (Lipinski definition) is 4. The van der Waals surface area contributed by atoms with Crippen molar-refractivity contribution >= 4 is 0 Å². The first-order chi connectivity index (χ1) is 14.0. The minimum atomic E-state index is -0.574. The molecule has 3 unspecified atom stereocenters. The Bertz CT molecular complexity index is 896. The van der Waals surface area contributed by atoms with E-state index in [1.54, 1.807) is 6.07 Å². The average Bonchev–Trinajstić information content (AvgIpc) is 3.12. The number of halogens is 2. The van der Waals surface area contributed by atoms with Gasteiger partial charge in [0.25, 0.3) is 0 Å². The lowest BCUT2D eigenvalue weighted by atomic mass is 9.97. The van der Waals surface area contributed by atoms with Crippen LogP contribution in [0, 0.1) is 23.0 Å². The van der Waals surface area contributed by atoms with Crippen LogP contribution in [0.15, 0.2) is 42.5 Å². The van der Waals surface area contributed by atoms with Crippen LogP contribution in [0.2, 0.25) is 0 Å². The molecule has 6 heteroatoms. The number of likely N-dealkylation sites (tertiary alicyclic amines) is 1. The molecular weight excluding hydrogens is 372 g/mol. The van der Waals surface area contributed by atoms with Crippen LogP contribution in [0.3, 0.4) is 0 Å². The second-order valence-corrected chi connectivity index (χ2v) is 8.09. The second kappa shape index (κ2) is 8.48. The number of hydrogen-bond donors (Lipinski definition) is 1. The third-order valence-corrected chi connectivity index (χ3v) is 6.12. The second-order valence-electron chi connectivity index (χ2n) is 8.09. The zero-order valence-corrected chi connectivity index (χ0v) is 16.2. The maximum Gasteiger partial charge on any atom is 0.144 e. The molecule has 2 aliphatic rings. The van der Waals surface area contributed by atoms with Gasteiger partial charge >= 0.3 is 0 Å². The number of nitrogens with zero attached hydrogens (tertiary/aromatic N) is 2. The molecule has 0 amide bonds. The summed E-state index contributed by atoms with van der Waals surface area (Å²) >= 11 is 0. The fourth-order valence-electron chi connectivity index (χ4n) is 4.67. The van der Waals surface area contributed by atoms with Gasteiger partial charge in [-0.05, 0) is 68.0 Å². The Kier molecular flexibility index (Phi) is 5.79. The molecule has 2 aromatic rings. The zero-order chi connectivity index (χ0) is 20.4. The molecule has 1 saturated carbocycles. The number of piperidine rings is 1. The monoisotopic (exact) mass is 397 g/mol. The van der Waals surface area contributed by atoms with Crippen molar-refractivity contribution in [2.24, 2.45) is 5.73 Å². The third-order valence-electron chi connectivity index (χ3n) is 6.12. The Labute approximate surface area is 169 Å². The number of ether oxygens (including phenoxy) is 1. The van der Waals surface area contributed by atoms with E-state index in [-0.39, 0.29) is 35.5 Å². The Morgan fingerprint density at radius 2 is 1.90 bits per heavy atom. The molecule has 152 valence electrons. The van der Waals surface area contributed by atoms with Gasteiger partial charge in [0.15, 0.2) is 0 Å². The number of nitrogens with two attached hydrogens (primary N) is 1. The van der Waals surface area contributed by atoms with E-state index in [2.05, 4.69) is 4.90 Å². The number of benzene rings is 2. The van der Waals surface area contributed by atoms with Crippen LogP contribution < -0.4 is 10.5 Å². The van der Waals surface area contributed by atoms with Gasteiger partial charge in [-0.2, -0.15) is 5.26 Å². The highest BCUT2D eigenvalue weighted by Crippen LogP contribution is 2.40. The largest absolute Gasteiger partial charge is 0.489 e. The van der Waals surface area contributed by atoms with E-state index in [9.17, 15) is 8.78 Å². The van der Waals surface area contributed by atoms with E-state index in [1.807, 2.05) is 18.2 Å². The normalized spacial score (nSPS) is 27.5. The standard InChI is InChI=1S/C23H25F2N3O/c24-18-6-3-15(4-7-18)17-10-22(28-9-1-2-19(27)14-28)23(11-17)29-20-8-5-16(13-26)21(25)12-20/h3-8,12,17,19,22-23H,1-2,9-11,14,27H2/t17?,19-,22?,23?/m0/s1. The molecule has 1 heterocycles. The van der Waals surface area contributed by atoms with Crippen LogP contribution in [-0.2, 0) is 0 Å². The summed E-state index contributed by atoms with van der Waals surface area (Å²) in [6.07, 6.45) is 3.61. The predicted molar refractivity (Wildman–Crippen MR) is 106 cm³/mol. The van der Waals surface area contributed by atoms with Gasteiger partial charge < -0.3 is 10.5 Å². The highest BCUT2D eigenvalue weighted by Gasteiger charge is 2.41. The first-order valence-electron chi connectivity index (χ1n) is 10.1. The maximum atomic E-state index is 14.0. The predicted octanol–water partition coefficient (Wildman–Crippen LogP) is 3.95. The summed E-state index contributed by atoms with van der Waals surface area (Å²) in [5.74, 6) is -0.148. The molecule has 0 radical (unpaired) electrons. The molecule has 0 aromatic heterocycles. The summed E-state index contributed by atoms with van der Waals surface area (Å²) in [7, 11) is 0. The van der Waals surface area contributed by atoms with E-state index >= 15 is 0 Å². The lowest BCUT2D eigenvalue weighted by molar-refractivity contribution is 0.0680. The minimum Gasteiger partial charge on any atom is -0.489 e. The van der Waals surface area contributed by atoms with Crippen molar-refractivity contribution in [3.63, 3.8) is 0 Å².